The van der Waals surface area contributed by atoms with Crippen LogP contribution in [0.3, 0.4) is 0 Å². The van der Waals surface area contributed by atoms with Crippen LogP contribution in [0.2, 0.25) is 0 Å². The van der Waals surface area contributed by atoms with Crippen LogP contribution >= 0.6 is 0 Å². The van der Waals surface area contributed by atoms with E-state index in [4.69, 9.17) is 10.5 Å². The van der Waals surface area contributed by atoms with Gasteiger partial charge in [-0.05, 0) is 25.3 Å². The Kier molecular flexibility index (Phi) is 9.52. The van der Waals surface area contributed by atoms with E-state index in [1.165, 1.54) is 0 Å². The van der Waals surface area contributed by atoms with Crippen LogP contribution in [0.15, 0.2) is 0 Å². The van der Waals surface area contributed by atoms with Crippen LogP contribution in [0.4, 0.5) is 0 Å². The molecule has 1 amide bonds. The lowest BCUT2D eigenvalue weighted by Gasteiger charge is -2.14. The highest BCUT2D eigenvalue weighted by atomic mass is 16.5. The maximum absolute atomic E-state index is 11.3. The first-order valence-electron chi connectivity index (χ1n) is 5.79. The van der Waals surface area contributed by atoms with E-state index in [1.807, 2.05) is 6.92 Å². The summed E-state index contributed by atoms with van der Waals surface area (Å²) in [5.74, 6) is 0.462. The normalized spacial score (nSPS) is 12.5. The van der Waals surface area contributed by atoms with Crippen LogP contribution < -0.4 is 11.1 Å². The van der Waals surface area contributed by atoms with Crippen LogP contribution in [-0.4, -0.2) is 32.2 Å². The number of carbonyl (C=O) groups is 1. The average Bonchev–Trinajstić information content (AvgIpc) is 2.24. The fraction of sp³-hybridized carbons (Fsp3) is 0.909. The highest BCUT2D eigenvalue weighted by Gasteiger charge is 2.07. The molecular formula is C11H24N2O2. The van der Waals surface area contributed by atoms with Crippen molar-refractivity contribution >= 4 is 5.91 Å². The monoisotopic (exact) mass is 216 g/mol. The topological polar surface area (TPSA) is 64.3 Å². The molecule has 4 nitrogen and oxygen atoms in total. The SMILES string of the molecule is CCCOCC(=O)NCC(CC)CCN. The molecule has 0 spiro atoms. The van der Waals surface area contributed by atoms with E-state index < -0.39 is 0 Å². The van der Waals surface area contributed by atoms with Crippen molar-refractivity contribution < 1.29 is 9.53 Å². The van der Waals surface area contributed by atoms with Crippen LogP contribution in [0.1, 0.15) is 33.1 Å². The summed E-state index contributed by atoms with van der Waals surface area (Å²) in [6.07, 6.45) is 2.96. The molecule has 0 fully saturated rings. The van der Waals surface area contributed by atoms with Crippen molar-refractivity contribution in [1.29, 1.82) is 0 Å². The first-order chi connectivity index (χ1) is 7.24. The maximum Gasteiger partial charge on any atom is 0.246 e. The molecule has 4 heteroatoms. The summed E-state index contributed by atoms with van der Waals surface area (Å²) in [6.45, 7) is 6.34. The third-order valence-electron chi connectivity index (χ3n) is 2.32. The minimum Gasteiger partial charge on any atom is -0.372 e. The van der Waals surface area contributed by atoms with Gasteiger partial charge >= 0.3 is 0 Å². The molecule has 0 radical (unpaired) electrons. The van der Waals surface area contributed by atoms with Crippen molar-refractivity contribution in [3.63, 3.8) is 0 Å². The fourth-order valence-electron chi connectivity index (χ4n) is 1.30. The van der Waals surface area contributed by atoms with Gasteiger partial charge < -0.3 is 15.8 Å². The van der Waals surface area contributed by atoms with Gasteiger partial charge in [0.1, 0.15) is 6.61 Å². The molecule has 1 atom stereocenters. The van der Waals surface area contributed by atoms with Crippen molar-refractivity contribution in [3.8, 4) is 0 Å². The number of nitrogens with two attached hydrogens (primary N) is 1. The highest BCUT2D eigenvalue weighted by molar-refractivity contribution is 5.77. The van der Waals surface area contributed by atoms with Gasteiger partial charge in [-0.1, -0.05) is 20.3 Å². The first kappa shape index (κ1) is 14.4. The molecule has 0 aliphatic rings. The summed E-state index contributed by atoms with van der Waals surface area (Å²) in [6, 6.07) is 0. The Hall–Kier alpha value is -0.610. The predicted molar refractivity (Wildman–Crippen MR) is 61.6 cm³/mol. The quantitative estimate of drug-likeness (QED) is 0.563. The standard InChI is InChI=1S/C11H24N2O2/c1-3-7-15-9-11(14)13-8-10(4-2)5-6-12/h10H,3-9,12H2,1-2H3,(H,13,14). The molecule has 90 valence electrons. The lowest BCUT2D eigenvalue weighted by atomic mass is 10.0. The van der Waals surface area contributed by atoms with Crippen molar-refractivity contribution in [2.24, 2.45) is 11.7 Å². The summed E-state index contributed by atoms with van der Waals surface area (Å²) in [4.78, 5) is 11.3. The molecule has 0 aromatic heterocycles. The minimum atomic E-state index is -0.0288. The lowest BCUT2D eigenvalue weighted by molar-refractivity contribution is -0.125. The van der Waals surface area contributed by atoms with E-state index in [-0.39, 0.29) is 12.5 Å². The molecule has 0 saturated heterocycles. The van der Waals surface area contributed by atoms with Gasteiger partial charge in [0.05, 0.1) is 0 Å². The Morgan fingerprint density at radius 2 is 2.20 bits per heavy atom. The van der Waals surface area contributed by atoms with E-state index in [1.54, 1.807) is 0 Å². The zero-order valence-electron chi connectivity index (χ0n) is 9.92. The van der Waals surface area contributed by atoms with Gasteiger partial charge in [0.15, 0.2) is 0 Å². The number of hydrogen-bond acceptors (Lipinski definition) is 3. The third-order valence-corrected chi connectivity index (χ3v) is 2.32. The van der Waals surface area contributed by atoms with Gasteiger partial charge in [-0.15, -0.1) is 0 Å². The van der Waals surface area contributed by atoms with E-state index in [9.17, 15) is 4.79 Å². The summed E-state index contributed by atoms with van der Waals surface area (Å²) in [5.41, 5.74) is 5.47. The molecule has 0 heterocycles. The summed E-state index contributed by atoms with van der Waals surface area (Å²) in [7, 11) is 0. The minimum absolute atomic E-state index is 0.0288. The van der Waals surface area contributed by atoms with Gasteiger partial charge in [-0.3, -0.25) is 4.79 Å². The summed E-state index contributed by atoms with van der Waals surface area (Å²) in [5, 5.41) is 2.86. The number of carbonyl (C=O) groups excluding carboxylic acids is 1. The molecule has 0 aliphatic heterocycles. The van der Waals surface area contributed by atoms with Gasteiger partial charge in [0.25, 0.3) is 0 Å². The van der Waals surface area contributed by atoms with Crippen molar-refractivity contribution in [2.75, 3.05) is 26.3 Å². The molecular weight excluding hydrogens is 192 g/mol. The Bertz CT molecular complexity index is 163. The fourth-order valence-corrected chi connectivity index (χ4v) is 1.30. The van der Waals surface area contributed by atoms with Crippen molar-refractivity contribution in [3.05, 3.63) is 0 Å². The molecule has 0 rings (SSSR count). The molecule has 0 aromatic rings. The second kappa shape index (κ2) is 9.93. The maximum atomic E-state index is 11.3. The highest BCUT2D eigenvalue weighted by Crippen LogP contribution is 2.04. The summed E-state index contributed by atoms with van der Waals surface area (Å²) >= 11 is 0. The third kappa shape index (κ3) is 8.39. The van der Waals surface area contributed by atoms with Crippen LogP contribution in [0.5, 0.6) is 0 Å². The number of hydrogen-bond donors (Lipinski definition) is 2. The van der Waals surface area contributed by atoms with Crippen molar-refractivity contribution in [2.45, 2.75) is 33.1 Å². The lowest BCUT2D eigenvalue weighted by Crippen LogP contribution is -2.32. The zero-order chi connectivity index (χ0) is 11.5. The van der Waals surface area contributed by atoms with Crippen LogP contribution in [0, 0.1) is 5.92 Å². The Labute approximate surface area is 92.6 Å². The smallest absolute Gasteiger partial charge is 0.246 e. The second-order valence-electron chi connectivity index (χ2n) is 3.71. The number of rotatable bonds is 9. The van der Waals surface area contributed by atoms with Gasteiger partial charge in [-0.2, -0.15) is 0 Å². The van der Waals surface area contributed by atoms with Gasteiger partial charge in [0, 0.05) is 13.2 Å². The van der Waals surface area contributed by atoms with Crippen LogP contribution in [0.25, 0.3) is 0 Å². The number of ether oxygens (including phenoxy) is 1. The van der Waals surface area contributed by atoms with Crippen molar-refractivity contribution in [1.82, 2.24) is 5.32 Å². The Morgan fingerprint density at radius 1 is 1.47 bits per heavy atom. The second-order valence-corrected chi connectivity index (χ2v) is 3.71. The van der Waals surface area contributed by atoms with Gasteiger partial charge in [-0.25, -0.2) is 0 Å². The van der Waals surface area contributed by atoms with Gasteiger partial charge in [0.2, 0.25) is 5.91 Å². The predicted octanol–water partition coefficient (Wildman–Crippen LogP) is 0.904. The molecule has 0 saturated carbocycles. The molecule has 0 bridgehead atoms. The average molecular weight is 216 g/mol. The zero-order valence-corrected chi connectivity index (χ0v) is 9.92. The van der Waals surface area contributed by atoms with E-state index in [0.717, 1.165) is 19.3 Å². The number of nitrogens with one attached hydrogen (secondary N) is 1. The van der Waals surface area contributed by atoms with E-state index in [0.29, 0.717) is 25.6 Å². The Morgan fingerprint density at radius 3 is 2.73 bits per heavy atom. The molecule has 0 aromatic carbocycles. The Balaban J connectivity index is 3.50. The van der Waals surface area contributed by atoms with Crippen LogP contribution in [-0.2, 0) is 9.53 Å². The largest absolute Gasteiger partial charge is 0.372 e. The molecule has 15 heavy (non-hydrogen) atoms. The molecule has 0 aliphatic carbocycles. The number of amides is 1. The molecule has 3 N–H and O–H groups in total. The summed E-state index contributed by atoms with van der Waals surface area (Å²) < 4.78 is 5.13. The van der Waals surface area contributed by atoms with E-state index >= 15 is 0 Å². The first-order valence-corrected chi connectivity index (χ1v) is 5.79. The molecule has 1 unspecified atom stereocenters. The van der Waals surface area contributed by atoms with E-state index in [2.05, 4.69) is 12.2 Å².